The maximum absolute atomic E-state index is 4.61. The number of piperidine rings is 1. The molecule has 1 heterocycles. The van der Waals surface area contributed by atoms with Crippen molar-refractivity contribution in [2.24, 2.45) is 16.7 Å². The molecule has 4 rings (SSSR count). The summed E-state index contributed by atoms with van der Waals surface area (Å²) in [6, 6.07) is 17.8. The van der Waals surface area contributed by atoms with Crippen LogP contribution in [-0.4, -0.2) is 30.9 Å². The summed E-state index contributed by atoms with van der Waals surface area (Å²) in [7, 11) is 0. The molecule has 0 radical (unpaired) electrons. The predicted octanol–water partition coefficient (Wildman–Crippen LogP) is 5.11. The lowest BCUT2D eigenvalue weighted by molar-refractivity contribution is 0.251. The van der Waals surface area contributed by atoms with Gasteiger partial charge in [0.1, 0.15) is 6.34 Å². The van der Waals surface area contributed by atoms with E-state index in [1.54, 1.807) is 5.57 Å². The molecule has 0 unspecified atom stereocenters. The average Bonchev–Trinajstić information content (AvgIpc) is 2.97. The largest absolute Gasteiger partial charge is 0.388 e. The highest BCUT2D eigenvalue weighted by Gasteiger charge is 2.22. The van der Waals surface area contributed by atoms with Crippen molar-refractivity contribution < 1.29 is 0 Å². The number of fused-ring (bicyclic) bond motifs is 2. The third kappa shape index (κ3) is 5.39. The monoisotopic (exact) mass is 402 g/mol. The third-order valence-electron chi connectivity index (χ3n) is 5.88. The molecule has 1 fully saturated rings. The van der Waals surface area contributed by atoms with Crippen molar-refractivity contribution in [3.63, 3.8) is 0 Å². The van der Waals surface area contributed by atoms with E-state index in [0.29, 0.717) is 0 Å². The van der Waals surface area contributed by atoms with Crippen molar-refractivity contribution in [3.8, 4) is 0 Å². The van der Waals surface area contributed by atoms with E-state index in [4.69, 9.17) is 0 Å². The molecule has 4 N–H and O–H groups in total. The van der Waals surface area contributed by atoms with Gasteiger partial charge in [-0.2, -0.15) is 5.10 Å². The van der Waals surface area contributed by atoms with Gasteiger partial charge in [0.15, 0.2) is 0 Å². The van der Waals surface area contributed by atoms with Crippen molar-refractivity contribution in [1.29, 1.82) is 0 Å². The van der Waals surface area contributed by atoms with Gasteiger partial charge in [0.05, 0.1) is 0 Å². The Balaban J connectivity index is 0.000000589. The van der Waals surface area contributed by atoms with Crippen molar-refractivity contribution in [1.82, 2.24) is 4.90 Å². The van der Waals surface area contributed by atoms with E-state index in [2.05, 4.69) is 89.2 Å². The van der Waals surface area contributed by atoms with Crippen LogP contribution >= 0.6 is 0 Å². The molecule has 0 saturated carbocycles. The van der Waals surface area contributed by atoms with Crippen LogP contribution in [0.3, 0.4) is 0 Å². The molecule has 30 heavy (non-hydrogen) atoms. The molecule has 0 bridgehead atoms. The van der Waals surface area contributed by atoms with E-state index in [1.165, 1.54) is 79.6 Å². The number of hydrazone groups is 1. The highest BCUT2D eigenvalue weighted by atomic mass is 15.1. The number of benzene rings is 2. The zero-order valence-corrected chi connectivity index (χ0v) is 18.1. The van der Waals surface area contributed by atoms with Gasteiger partial charge in [0.2, 0.25) is 0 Å². The van der Waals surface area contributed by atoms with E-state index in [1.807, 2.05) is 0 Å². The van der Waals surface area contributed by atoms with Gasteiger partial charge < -0.3 is 16.5 Å². The predicted molar refractivity (Wildman–Crippen MR) is 130 cm³/mol. The summed E-state index contributed by atoms with van der Waals surface area (Å²) in [5.74, 6) is 4.47. The molecule has 4 nitrogen and oxygen atoms in total. The fourth-order valence-electron chi connectivity index (χ4n) is 4.33. The number of rotatable bonds is 4. The Labute approximate surface area is 181 Å². The van der Waals surface area contributed by atoms with Gasteiger partial charge in [-0.15, -0.1) is 0 Å². The van der Waals surface area contributed by atoms with Crippen molar-refractivity contribution in [3.05, 3.63) is 76.4 Å². The zero-order chi connectivity index (χ0) is 21.2. The molecule has 0 aromatic heterocycles. The van der Waals surface area contributed by atoms with Crippen LogP contribution in [0.2, 0.25) is 0 Å². The van der Waals surface area contributed by atoms with Crippen LogP contribution in [0.15, 0.2) is 59.2 Å². The van der Waals surface area contributed by atoms with Gasteiger partial charge in [-0.1, -0.05) is 86.0 Å². The summed E-state index contributed by atoms with van der Waals surface area (Å²) in [4.78, 5) is 2.66. The SMILES string of the molecule is CCCCCN1CCC(=C2c3ccccc3C=Cc3ccccc32)CC1.N/C=N\N. The summed E-state index contributed by atoms with van der Waals surface area (Å²) in [6.07, 6.45) is 12.0. The Morgan fingerprint density at radius 1 is 0.900 bits per heavy atom. The van der Waals surface area contributed by atoms with Crippen molar-refractivity contribution in [2.45, 2.75) is 39.0 Å². The molecule has 0 atom stereocenters. The van der Waals surface area contributed by atoms with Gasteiger partial charge in [-0.3, -0.25) is 0 Å². The Morgan fingerprint density at radius 3 is 1.93 bits per heavy atom. The first-order chi connectivity index (χ1) is 14.8. The van der Waals surface area contributed by atoms with Crippen LogP contribution in [0.25, 0.3) is 17.7 Å². The molecule has 2 aliphatic rings. The van der Waals surface area contributed by atoms with Crippen LogP contribution in [0.5, 0.6) is 0 Å². The fraction of sp³-hybridized carbons (Fsp3) is 0.346. The lowest BCUT2D eigenvalue weighted by Gasteiger charge is -2.30. The molecule has 1 aliphatic heterocycles. The summed E-state index contributed by atoms with van der Waals surface area (Å²) >= 11 is 0. The van der Waals surface area contributed by atoms with Crippen molar-refractivity contribution >= 4 is 24.1 Å². The normalized spacial score (nSPS) is 15.9. The lowest BCUT2D eigenvalue weighted by atomic mass is 9.86. The summed E-state index contributed by atoms with van der Waals surface area (Å²) in [6.45, 7) is 5.97. The molecular weight excluding hydrogens is 368 g/mol. The maximum atomic E-state index is 4.61. The molecular formula is C26H34N4. The highest BCUT2D eigenvalue weighted by molar-refractivity contribution is 5.94. The Hall–Kier alpha value is -2.85. The molecule has 4 heteroatoms. The number of hydrogen-bond acceptors (Lipinski definition) is 3. The molecule has 1 saturated heterocycles. The highest BCUT2D eigenvalue weighted by Crippen LogP contribution is 2.38. The van der Waals surface area contributed by atoms with Crippen LogP contribution in [0.1, 0.15) is 61.3 Å². The molecule has 2 aromatic carbocycles. The van der Waals surface area contributed by atoms with E-state index in [9.17, 15) is 0 Å². The second-order valence-electron chi connectivity index (χ2n) is 7.83. The Morgan fingerprint density at radius 2 is 1.43 bits per heavy atom. The van der Waals surface area contributed by atoms with E-state index in [0.717, 1.165) is 6.34 Å². The zero-order valence-electron chi connectivity index (χ0n) is 18.1. The average molecular weight is 403 g/mol. The standard InChI is InChI=1S/C25H29N.CH5N3/c1-2-3-8-17-26-18-15-22(16-19-26)25-23-11-6-4-9-20(23)13-14-21-10-5-7-12-24(21)25;2-1-4-3/h4-7,9-14H,2-3,8,15-19H2,1H3;1H,3H2,(H2,2,4). The Bertz CT molecular complexity index is 845. The van der Waals surface area contributed by atoms with Gasteiger partial charge in [-0.25, -0.2) is 0 Å². The van der Waals surface area contributed by atoms with Crippen LogP contribution in [0, 0.1) is 0 Å². The van der Waals surface area contributed by atoms with Crippen LogP contribution in [0.4, 0.5) is 0 Å². The van der Waals surface area contributed by atoms with Gasteiger partial charge in [-0.05, 0) is 53.6 Å². The summed E-state index contributed by atoms with van der Waals surface area (Å²) < 4.78 is 0. The maximum Gasteiger partial charge on any atom is 0.105 e. The molecule has 2 aromatic rings. The van der Waals surface area contributed by atoms with Crippen LogP contribution in [-0.2, 0) is 0 Å². The number of hydrogen-bond donors (Lipinski definition) is 2. The minimum absolute atomic E-state index is 1.03. The third-order valence-corrected chi connectivity index (χ3v) is 5.88. The van der Waals surface area contributed by atoms with E-state index in [-0.39, 0.29) is 0 Å². The molecule has 0 amide bonds. The Kier molecular flexibility index (Phi) is 8.28. The second kappa shape index (κ2) is 11.4. The van der Waals surface area contributed by atoms with Crippen molar-refractivity contribution in [2.75, 3.05) is 19.6 Å². The first-order valence-electron chi connectivity index (χ1n) is 11.0. The van der Waals surface area contributed by atoms with E-state index < -0.39 is 0 Å². The second-order valence-corrected chi connectivity index (χ2v) is 7.83. The molecule has 1 aliphatic carbocycles. The lowest BCUT2D eigenvalue weighted by Crippen LogP contribution is -2.32. The molecule has 0 spiro atoms. The summed E-state index contributed by atoms with van der Waals surface area (Å²) in [5, 5.41) is 2.89. The first-order valence-corrected chi connectivity index (χ1v) is 11.0. The number of nitrogens with two attached hydrogens (primary N) is 2. The number of unbranched alkanes of at least 4 members (excludes halogenated alkanes) is 2. The van der Waals surface area contributed by atoms with E-state index >= 15 is 0 Å². The van der Waals surface area contributed by atoms with Gasteiger partial charge >= 0.3 is 0 Å². The quantitative estimate of drug-likeness (QED) is 0.210. The minimum Gasteiger partial charge on any atom is -0.388 e. The van der Waals surface area contributed by atoms with Crippen LogP contribution < -0.4 is 11.6 Å². The number of nitrogens with zero attached hydrogens (tertiary/aromatic N) is 2. The topological polar surface area (TPSA) is 67.6 Å². The summed E-state index contributed by atoms with van der Waals surface area (Å²) in [5.41, 5.74) is 13.2. The van der Waals surface area contributed by atoms with Gasteiger partial charge in [0.25, 0.3) is 0 Å². The fourth-order valence-corrected chi connectivity index (χ4v) is 4.33. The smallest absolute Gasteiger partial charge is 0.105 e. The molecule has 158 valence electrons. The van der Waals surface area contributed by atoms with Gasteiger partial charge in [0, 0.05) is 13.1 Å². The first kappa shape index (κ1) is 21.8. The minimum atomic E-state index is 1.03. The number of likely N-dealkylation sites (tertiary alicyclic amines) is 1.